The number of nitrogens with zero attached hydrogens (tertiary/aromatic N) is 1. The Labute approximate surface area is 140 Å². The van der Waals surface area contributed by atoms with Crippen LogP contribution in [-0.2, 0) is 11.2 Å². The van der Waals surface area contributed by atoms with Crippen LogP contribution in [-0.4, -0.2) is 19.2 Å². The fourth-order valence-electron chi connectivity index (χ4n) is 3.33. The number of hydrogen-bond acceptors (Lipinski definition) is 2. The quantitative estimate of drug-likeness (QED) is 0.494. The van der Waals surface area contributed by atoms with E-state index < -0.39 is 0 Å². The molecular formula is C20H30NO2. The lowest BCUT2D eigenvalue weighted by atomic mass is 9.95. The van der Waals surface area contributed by atoms with Crippen LogP contribution >= 0.6 is 0 Å². The topological polar surface area (TPSA) is 40.4 Å². The molecule has 127 valence electrons. The zero-order valence-corrected chi connectivity index (χ0v) is 14.2. The van der Waals surface area contributed by atoms with Gasteiger partial charge < -0.3 is 4.74 Å². The van der Waals surface area contributed by atoms with Crippen LogP contribution in [0.5, 0.6) is 0 Å². The molecule has 3 nitrogen and oxygen atoms in total. The van der Waals surface area contributed by atoms with E-state index in [1.807, 2.05) is 18.2 Å². The fourth-order valence-corrected chi connectivity index (χ4v) is 3.33. The first-order valence-corrected chi connectivity index (χ1v) is 9.23. The van der Waals surface area contributed by atoms with Gasteiger partial charge in [0.15, 0.2) is 0 Å². The molecule has 1 saturated carbocycles. The lowest BCUT2D eigenvalue weighted by Gasteiger charge is -2.13. The minimum absolute atomic E-state index is 0.390. The molecule has 1 aliphatic rings. The maximum Gasteiger partial charge on any atom is 0.428 e. The minimum atomic E-state index is -0.390. The largest absolute Gasteiger partial charge is 0.448 e. The Morgan fingerprint density at radius 3 is 2.52 bits per heavy atom. The zero-order valence-electron chi connectivity index (χ0n) is 14.2. The Balaban J connectivity index is 1.45. The van der Waals surface area contributed by atoms with Crippen molar-refractivity contribution in [3.8, 4) is 0 Å². The van der Waals surface area contributed by atoms with Gasteiger partial charge in [-0.3, -0.25) is 0 Å². The first-order valence-electron chi connectivity index (χ1n) is 9.23. The monoisotopic (exact) mass is 316 g/mol. The average Bonchev–Trinajstić information content (AvgIpc) is 2.85. The van der Waals surface area contributed by atoms with Gasteiger partial charge in [0.2, 0.25) is 0 Å². The van der Waals surface area contributed by atoms with E-state index in [4.69, 9.17) is 4.74 Å². The van der Waals surface area contributed by atoms with Crippen molar-refractivity contribution >= 4 is 6.09 Å². The van der Waals surface area contributed by atoms with Gasteiger partial charge in [0, 0.05) is 6.54 Å². The summed E-state index contributed by atoms with van der Waals surface area (Å²) < 4.78 is 5.17. The van der Waals surface area contributed by atoms with Crippen molar-refractivity contribution in [1.82, 2.24) is 5.32 Å². The summed E-state index contributed by atoms with van der Waals surface area (Å²) in [6.07, 6.45) is 11.9. The predicted octanol–water partition coefficient (Wildman–Crippen LogP) is 5.11. The number of rotatable bonds is 8. The van der Waals surface area contributed by atoms with Crippen molar-refractivity contribution in [3.63, 3.8) is 0 Å². The van der Waals surface area contributed by atoms with Crippen LogP contribution in [0.2, 0.25) is 0 Å². The molecule has 0 spiro atoms. The molecule has 0 bridgehead atoms. The van der Waals surface area contributed by atoms with Gasteiger partial charge in [-0.15, -0.1) is 0 Å². The van der Waals surface area contributed by atoms with Crippen LogP contribution < -0.4 is 5.32 Å². The molecule has 1 fully saturated rings. The van der Waals surface area contributed by atoms with Gasteiger partial charge >= 0.3 is 6.09 Å². The Morgan fingerprint density at radius 2 is 1.78 bits per heavy atom. The van der Waals surface area contributed by atoms with Gasteiger partial charge in [-0.2, -0.15) is 0 Å². The number of carbonyl (C=O) groups excluding carboxylic acids is 1. The highest BCUT2D eigenvalue weighted by atomic mass is 16.5. The number of benzene rings is 1. The molecule has 0 atom stereocenters. The summed E-state index contributed by atoms with van der Waals surface area (Å²) in [5, 5.41) is 4.02. The van der Waals surface area contributed by atoms with Crippen LogP contribution in [0.25, 0.3) is 0 Å². The number of hydrogen-bond donors (Lipinski definition) is 0. The minimum Gasteiger partial charge on any atom is -0.448 e. The van der Waals surface area contributed by atoms with Crippen LogP contribution in [0.15, 0.2) is 30.3 Å². The van der Waals surface area contributed by atoms with E-state index in [0.29, 0.717) is 13.2 Å². The second-order valence-corrected chi connectivity index (χ2v) is 6.59. The molecule has 0 aliphatic heterocycles. The fraction of sp³-hybridized carbons (Fsp3) is 0.650. The van der Waals surface area contributed by atoms with Crippen LogP contribution in [0, 0.1) is 5.92 Å². The standard InChI is InChI=1S/C20H30NO2/c22-20(23-17-9-15-19-12-6-3-7-13-19)21-16-8-14-18-10-4-1-2-5-11-18/h3,6-7,12-13,18H,1-2,4-5,8-11,14-17H2. The molecule has 3 heteroatoms. The SMILES string of the molecule is O=C([N]CCCC1CCCCCC1)OCCCc1ccccc1. The molecule has 1 radical (unpaired) electrons. The summed E-state index contributed by atoms with van der Waals surface area (Å²) in [4.78, 5) is 11.6. The molecule has 0 unspecified atom stereocenters. The molecular weight excluding hydrogens is 286 g/mol. The summed E-state index contributed by atoms with van der Waals surface area (Å²) in [6, 6.07) is 10.3. The van der Waals surface area contributed by atoms with Crippen molar-refractivity contribution in [2.45, 2.75) is 64.2 Å². The third-order valence-corrected chi connectivity index (χ3v) is 4.66. The van der Waals surface area contributed by atoms with Gasteiger partial charge in [0.25, 0.3) is 0 Å². The smallest absolute Gasteiger partial charge is 0.428 e. The second-order valence-electron chi connectivity index (χ2n) is 6.59. The highest BCUT2D eigenvalue weighted by Crippen LogP contribution is 2.26. The van der Waals surface area contributed by atoms with Crippen molar-refractivity contribution in [2.75, 3.05) is 13.2 Å². The third-order valence-electron chi connectivity index (χ3n) is 4.66. The maximum absolute atomic E-state index is 11.6. The lowest BCUT2D eigenvalue weighted by molar-refractivity contribution is 0.143. The van der Waals surface area contributed by atoms with Crippen molar-refractivity contribution < 1.29 is 9.53 Å². The Morgan fingerprint density at radius 1 is 1.04 bits per heavy atom. The molecule has 0 heterocycles. The van der Waals surface area contributed by atoms with Crippen LogP contribution in [0.4, 0.5) is 4.79 Å². The summed E-state index contributed by atoms with van der Waals surface area (Å²) in [6.45, 7) is 1.08. The molecule has 1 amide bonds. The highest BCUT2D eigenvalue weighted by molar-refractivity contribution is 5.66. The normalized spacial score (nSPS) is 15.8. The van der Waals surface area contributed by atoms with E-state index in [9.17, 15) is 4.79 Å². The number of aryl methyl sites for hydroxylation is 1. The van der Waals surface area contributed by atoms with Gasteiger partial charge in [0.05, 0.1) is 6.61 Å². The molecule has 2 rings (SSSR count). The van der Waals surface area contributed by atoms with Crippen molar-refractivity contribution in [3.05, 3.63) is 35.9 Å². The lowest BCUT2D eigenvalue weighted by Crippen LogP contribution is -2.19. The van der Waals surface area contributed by atoms with E-state index in [1.54, 1.807) is 0 Å². The predicted molar refractivity (Wildman–Crippen MR) is 93.5 cm³/mol. The second kappa shape index (κ2) is 11.1. The van der Waals surface area contributed by atoms with Gasteiger partial charge in [0.1, 0.15) is 0 Å². The van der Waals surface area contributed by atoms with Crippen LogP contribution in [0.1, 0.15) is 63.4 Å². The first kappa shape index (κ1) is 17.8. The van der Waals surface area contributed by atoms with Gasteiger partial charge in [-0.1, -0.05) is 68.9 Å². The summed E-state index contributed by atoms with van der Waals surface area (Å²) in [7, 11) is 0. The number of carbonyl (C=O) groups is 1. The number of amides is 1. The first-order chi connectivity index (χ1) is 11.3. The molecule has 0 aromatic heterocycles. The zero-order chi connectivity index (χ0) is 16.2. The average molecular weight is 316 g/mol. The molecule has 0 saturated heterocycles. The summed E-state index contributed by atoms with van der Waals surface area (Å²) in [5.41, 5.74) is 1.28. The summed E-state index contributed by atoms with van der Waals surface area (Å²) in [5.74, 6) is 0.856. The Hall–Kier alpha value is -1.51. The van der Waals surface area contributed by atoms with Crippen molar-refractivity contribution in [1.29, 1.82) is 0 Å². The van der Waals surface area contributed by atoms with Gasteiger partial charge in [-0.25, -0.2) is 10.1 Å². The molecule has 23 heavy (non-hydrogen) atoms. The maximum atomic E-state index is 11.6. The summed E-state index contributed by atoms with van der Waals surface area (Å²) >= 11 is 0. The Bertz CT molecular complexity index is 425. The molecule has 1 aliphatic carbocycles. The Kier molecular flexibility index (Phi) is 8.60. The van der Waals surface area contributed by atoms with E-state index in [-0.39, 0.29) is 6.09 Å². The molecule has 0 N–H and O–H groups in total. The molecule has 1 aromatic rings. The van der Waals surface area contributed by atoms with E-state index in [1.165, 1.54) is 50.5 Å². The third kappa shape index (κ3) is 8.06. The van der Waals surface area contributed by atoms with E-state index in [0.717, 1.165) is 25.2 Å². The highest BCUT2D eigenvalue weighted by Gasteiger charge is 2.12. The van der Waals surface area contributed by atoms with Crippen LogP contribution in [0.3, 0.4) is 0 Å². The molecule has 1 aromatic carbocycles. The van der Waals surface area contributed by atoms with E-state index >= 15 is 0 Å². The van der Waals surface area contributed by atoms with Crippen molar-refractivity contribution in [2.24, 2.45) is 5.92 Å². The van der Waals surface area contributed by atoms with E-state index in [2.05, 4.69) is 17.4 Å². The number of ether oxygens (including phenoxy) is 1. The van der Waals surface area contributed by atoms with Gasteiger partial charge in [-0.05, 0) is 37.2 Å².